The fourth-order valence-corrected chi connectivity index (χ4v) is 4.19. The van der Waals surface area contributed by atoms with Gasteiger partial charge >= 0.3 is 5.97 Å². The Kier molecular flexibility index (Phi) is 9.62. The maximum Gasteiger partial charge on any atom is 0.308 e. The van der Waals surface area contributed by atoms with E-state index >= 15 is 0 Å². The highest BCUT2D eigenvalue weighted by molar-refractivity contribution is 5.80. The van der Waals surface area contributed by atoms with Crippen LogP contribution in [0.1, 0.15) is 56.6 Å². The van der Waals surface area contributed by atoms with Gasteiger partial charge in [-0.15, -0.1) is 0 Å². The van der Waals surface area contributed by atoms with E-state index in [1.165, 1.54) is 11.1 Å². The van der Waals surface area contributed by atoms with Crippen LogP contribution in [0.15, 0.2) is 29.3 Å². The van der Waals surface area contributed by atoms with Gasteiger partial charge in [-0.05, 0) is 56.6 Å². The van der Waals surface area contributed by atoms with Crippen LogP contribution in [0.4, 0.5) is 0 Å². The molecule has 1 aliphatic carbocycles. The number of hydrogen-bond acceptors (Lipinski definition) is 5. The first-order chi connectivity index (χ1) is 15.2. The van der Waals surface area contributed by atoms with Crippen LogP contribution in [-0.2, 0) is 32.2 Å². The Labute approximate surface area is 185 Å². The van der Waals surface area contributed by atoms with Crippen LogP contribution in [0.2, 0.25) is 0 Å². The Morgan fingerprint density at radius 3 is 2.58 bits per heavy atom. The zero-order chi connectivity index (χ0) is 21.9. The van der Waals surface area contributed by atoms with Crippen LogP contribution in [-0.4, -0.2) is 50.9 Å². The number of nitrogens with one attached hydrogen (secondary N) is 2. The number of ether oxygens (including phenoxy) is 3. The van der Waals surface area contributed by atoms with Gasteiger partial charge in [-0.25, -0.2) is 0 Å². The van der Waals surface area contributed by atoms with Crippen LogP contribution in [0, 0.1) is 5.92 Å². The Balaban J connectivity index is 1.41. The standard InChI is InChI=1S/C24H37N3O4/c1-3-30-23(28)20-7-9-21(10-8-20)27-24(25-2)26-16-18-5-4-6-19(15-18)17-31-22-11-13-29-14-12-22/h4-6,15,20-22H,3,7-14,16-17H2,1-2H3,(H2,25,26,27). The van der Waals surface area contributed by atoms with Crippen LogP contribution >= 0.6 is 0 Å². The number of carbonyl (C=O) groups is 1. The van der Waals surface area contributed by atoms with Gasteiger partial charge in [0.15, 0.2) is 5.96 Å². The zero-order valence-electron chi connectivity index (χ0n) is 18.9. The second-order valence-electron chi connectivity index (χ2n) is 8.31. The number of guanidine groups is 1. The van der Waals surface area contributed by atoms with E-state index in [4.69, 9.17) is 14.2 Å². The number of rotatable bonds is 8. The monoisotopic (exact) mass is 431 g/mol. The summed E-state index contributed by atoms with van der Waals surface area (Å²) in [6, 6.07) is 8.81. The molecule has 1 saturated heterocycles. The van der Waals surface area contributed by atoms with Crippen LogP contribution in [0.25, 0.3) is 0 Å². The molecule has 0 spiro atoms. The fourth-order valence-electron chi connectivity index (χ4n) is 4.19. The highest BCUT2D eigenvalue weighted by Gasteiger charge is 2.27. The van der Waals surface area contributed by atoms with Crippen molar-refractivity contribution in [2.24, 2.45) is 10.9 Å². The molecule has 2 N–H and O–H groups in total. The normalized spacial score (nSPS) is 22.7. The smallest absolute Gasteiger partial charge is 0.308 e. The first-order valence-corrected chi connectivity index (χ1v) is 11.6. The topological polar surface area (TPSA) is 81.2 Å². The van der Waals surface area contributed by atoms with E-state index < -0.39 is 0 Å². The van der Waals surface area contributed by atoms with Gasteiger partial charge in [0.25, 0.3) is 0 Å². The summed E-state index contributed by atoms with van der Waals surface area (Å²) < 4.78 is 16.6. The summed E-state index contributed by atoms with van der Waals surface area (Å²) in [5.74, 6) is 0.784. The first kappa shape index (κ1) is 23.5. The summed E-state index contributed by atoms with van der Waals surface area (Å²) in [6.45, 7) is 5.24. The lowest BCUT2D eigenvalue weighted by Crippen LogP contribution is -2.45. The maximum atomic E-state index is 11.9. The Bertz CT molecular complexity index is 711. The quantitative estimate of drug-likeness (QED) is 0.374. The molecule has 1 heterocycles. The maximum absolute atomic E-state index is 11.9. The highest BCUT2D eigenvalue weighted by atomic mass is 16.5. The van der Waals surface area contributed by atoms with E-state index in [9.17, 15) is 4.79 Å². The van der Waals surface area contributed by atoms with Crippen molar-refractivity contribution in [1.82, 2.24) is 10.6 Å². The molecule has 172 valence electrons. The third-order valence-electron chi connectivity index (χ3n) is 6.02. The van der Waals surface area contributed by atoms with Crippen LogP contribution in [0.5, 0.6) is 0 Å². The largest absolute Gasteiger partial charge is 0.466 e. The van der Waals surface area contributed by atoms with Crippen molar-refractivity contribution >= 4 is 11.9 Å². The van der Waals surface area contributed by atoms with E-state index in [0.29, 0.717) is 31.9 Å². The summed E-state index contributed by atoms with van der Waals surface area (Å²) in [7, 11) is 1.79. The third-order valence-corrected chi connectivity index (χ3v) is 6.02. The van der Waals surface area contributed by atoms with Gasteiger partial charge in [-0.2, -0.15) is 0 Å². The van der Waals surface area contributed by atoms with Crippen molar-refractivity contribution in [2.45, 2.75) is 70.7 Å². The summed E-state index contributed by atoms with van der Waals surface area (Å²) >= 11 is 0. The Hall–Kier alpha value is -2.12. The number of esters is 1. The molecule has 2 fully saturated rings. The highest BCUT2D eigenvalue weighted by Crippen LogP contribution is 2.25. The number of carbonyl (C=O) groups excluding carboxylic acids is 1. The van der Waals surface area contributed by atoms with Crippen LogP contribution < -0.4 is 10.6 Å². The van der Waals surface area contributed by atoms with Gasteiger partial charge in [-0.1, -0.05) is 24.3 Å². The Morgan fingerprint density at radius 1 is 1.13 bits per heavy atom. The SMILES string of the molecule is CCOC(=O)C1CCC(NC(=NC)NCc2cccc(COC3CCOCC3)c2)CC1. The van der Waals surface area contributed by atoms with Crippen molar-refractivity contribution in [1.29, 1.82) is 0 Å². The van der Waals surface area contributed by atoms with Crippen molar-refractivity contribution in [3.8, 4) is 0 Å². The third kappa shape index (κ3) is 7.82. The lowest BCUT2D eigenvalue weighted by Gasteiger charge is -2.29. The molecule has 2 aliphatic rings. The zero-order valence-corrected chi connectivity index (χ0v) is 18.9. The van der Waals surface area contributed by atoms with Crippen molar-refractivity contribution < 1.29 is 19.0 Å². The van der Waals surface area contributed by atoms with Gasteiger partial charge in [0, 0.05) is 32.8 Å². The summed E-state index contributed by atoms with van der Waals surface area (Å²) in [5, 5.41) is 6.91. The number of aliphatic imine (C=N–C) groups is 1. The second kappa shape index (κ2) is 12.7. The molecular weight excluding hydrogens is 394 g/mol. The average Bonchev–Trinajstić information content (AvgIpc) is 2.82. The van der Waals surface area contributed by atoms with E-state index in [2.05, 4.69) is 39.9 Å². The predicted molar refractivity (Wildman–Crippen MR) is 121 cm³/mol. The first-order valence-electron chi connectivity index (χ1n) is 11.6. The summed E-state index contributed by atoms with van der Waals surface area (Å²) in [4.78, 5) is 16.3. The van der Waals surface area contributed by atoms with E-state index in [1.807, 2.05) is 6.92 Å². The number of benzene rings is 1. The second-order valence-corrected chi connectivity index (χ2v) is 8.31. The predicted octanol–water partition coefficient (Wildman–Crippen LogP) is 3.17. The molecule has 1 aliphatic heterocycles. The van der Waals surface area contributed by atoms with Gasteiger partial charge in [-0.3, -0.25) is 9.79 Å². The molecule has 1 saturated carbocycles. The van der Waals surface area contributed by atoms with Crippen molar-refractivity contribution in [3.05, 3.63) is 35.4 Å². The molecular formula is C24H37N3O4. The van der Waals surface area contributed by atoms with Crippen LogP contribution in [0.3, 0.4) is 0 Å². The average molecular weight is 432 g/mol. The van der Waals surface area contributed by atoms with E-state index in [0.717, 1.165) is 57.7 Å². The van der Waals surface area contributed by atoms with Gasteiger partial charge < -0.3 is 24.8 Å². The molecule has 0 amide bonds. The lowest BCUT2D eigenvalue weighted by atomic mass is 9.86. The fraction of sp³-hybridized carbons (Fsp3) is 0.667. The lowest BCUT2D eigenvalue weighted by molar-refractivity contribution is -0.149. The van der Waals surface area contributed by atoms with Gasteiger partial charge in [0.2, 0.25) is 0 Å². The molecule has 0 bridgehead atoms. The molecule has 0 radical (unpaired) electrons. The van der Waals surface area contributed by atoms with Gasteiger partial charge in [0.1, 0.15) is 0 Å². The molecule has 0 atom stereocenters. The van der Waals surface area contributed by atoms with E-state index in [1.54, 1.807) is 7.05 Å². The minimum atomic E-state index is -0.0517. The number of nitrogens with zero attached hydrogens (tertiary/aromatic N) is 1. The molecule has 7 nitrogen and oxygen atoms in total. The number of hydrogen-bond donors (Lipinski definition) is 2. The molecule has 1 aromatic rings. The minimum absolute atomic E-state index is 0.0408. The molecule has 0 aromatic heterocycles. The minimum Gasteiger partial charge on any atom is -0.466 e. The summed E-state index contributed by atoms with van der Waals surface area (Å²) in [5.41, 5.74) is 2.38. The summed E-state index contributed by atoms with van der Waals surface area (Å²) in [6.07, 6.45) is 5.88. The Morgan fingerprint density at radius 2 is 1.87 bits per heavy atom. The molecule has 1 aromatic carbocycles. The van der Waals surface area contributed by atoms with E-state index in [-0.39, 0.29) is 11.9 Å². The van der Waals surface area contributed by atoms with Gasteiger partial charge in [0.05, 0.1) is 25.2 Å². The molecule has 0 unspecified atom stereocenters. The van der Waals surface area contributed by atoms with Crippen molar-refractivity contribution in [2.75, 3.05) is 26.9 Å². The molecule has 7 heteroatoms. The molecule has 3 rings (SSSR count). The molecule has 31 heavy (non-hydrogen) atoms. The van der Waals surface area contributed by atoms with Crippen molar-refractivity contribution in [3.63, 3.8) is 0 Å².